The summed E-state index contributed by atoms with van der Waals surface area (Å²) >= 11 is 5.97. The normalized spacial score (nSPS) is 17.2. The van der Waals surface area contributed by atoms with Crippen molar-refractivity contribution in [1.82, 2.24) is 4.90 Å². The van der Waals surface area contributed by atoms with Crippen molar-refractivity contribution in [1.29, 1.82) is 0 Å². The molecule has 3 aromatic rings. The molecule has 7 heteroatoms. The molecular weight excluding hydrogens is 469 g/mol. The average Bonchev–Trinajstić information content (AvgIpc) is 3.08. The summed E-state index contributed by atoms with van der Waals surface area (Å²) in [5.74, 6) is -1.87. The van der Waals surface area contributed by atoms with E-state index in [1.807, 2.05) is 32.0 Å². The Morgan fingerprint density at radius 3 is 2.34 bits per heavy atom. The van der Waals surface area contributed by atoms with Crippen LogP contribution >= 0.6 is 11.6 Å². The number of ether oxygens (including phenoxy) is 1. The van der Waals surface area contributed by atoms with Crippen LogP contribution in [0.2, 0.25) is 5.02 Å². The molecule has 1 aliphatic rings. The molecule has 4 rings (SSSR count). The van der Waals surface area contributed by atoms with Crippen LogP contribution in [0.4, 0.5) is 4.39 Å². The maximum Gasteiger partial charge on any atom is 0.295 e. The first-order valence-electron chi connectivity index (χ1n) is 11.1. The Bertz CT molecular complexity index is 1320. The highest BCUT2D eigenvalue weighted by Gasteiger charge is 2.46. The summed E-state index contributed by atoms with van der Waals surface area (Å²) < 4.78 is 19.2. The fraction of sp³-hybridized carbons (Fsp3) is 0.214. The van der Waals surface area contributed by atoms with Gasteiger partial charge in [0.15, 0.2) is 0 Å². The first kappa shape index (κ1) is 24.5. The number of Topliss-reactive ketones (excluding diaryl/α,β-unsaturated/α-hetero) is 1. The van der Waals surface area contributed by atoms with Crippen molar-refractivity contribution in [2.75, 3.05) is 13.7 Å². The third kappa shape index (κ3) is 4.80. The number of hydrogen-bond donors (Lipinski definition) is 1. The maximum absolute atomic E-state index is 13.7. The number of rotatable bonds is 6. The Balaban J connectivity index is 1.84. The fourth-order valence-electron chi connectivity index (χ4n) is 4.55. The molecule has 0 saturated carbocycles. The van der Waals surface area contributed by atoms with E-state index in [0.29, 0.717) is 28.3 Å². The standard InChI is InChI=1S/C28H25ClFNO4/c1-16-14-17(2)27(35-3)22(15-16)25(32)23-24(19-6-10-21(30)11-7-19)31(28(34)26(23)33)13-12-18-4-8-20(29)9-5-18/h4-11,14-15,24,32H,12-13H2,1-3H3/b25-23+. The van der Waals surface area contributed by atoms with Gasteiger partial charge in [-0.2, -0.15) is 0 Å². The second-order valence-electron chi connectivity index (χ2n) is 8.58. The lowest BCUT2D eigenvalue weighted by atomic mass is 9.93. The SMILES string of the molecule is COc1c(C)cc(C)cc1/C(O)=C1\C(=O)C(=O)N(CCc2ccc(Cl)cc2)C1c1ccc(F)cc1. The molecule has 1 heterocycles. The number of likely N-dealkylation sites (tertiary alicyclic amines) is 1. The van der Waals surface area contributed by atoms with Crippen LogP contribution in [-0.2, 0) is 16.0 Å². The predicted octanol–water partition coefficient (Wildman–Crippen LogP) is 5.77. The van der Waals surface area contributed by atoms with Crippen LogP contribution in [-0.4, -0.2) is 35.4 Å². The van der Waals surface area contributed by atoms with Crippen LogP contribution in [0.3, 0.4) is 0 Å². The minimum Gasteiger partial charge on any atom is -0.507 e. The van der Waals surface area contributed by atoms with E-state index in [0.717, 1.165) is 16.7 Å². The lowest BCUT2D eigenvalue weighted by Gasteiger charge is -2.25. The number of benzene rings is 3. The number of amides is 1. The topological polar surface area (TPSA) is 66.8 Å². The number of hydrogen-bond acceptors (Lipinski definition) is 4. The van der Waals surface area contributed by atoms with Gasteiger partial charge >= 0.3 is 0 Å². The van der Waals surface area contributed by atoms with Crippen LogP contribution in [0.1, 0.15) is 33.9 Å². The van der Waals surface area contributed by atoms with E-state index in [-0.39, 0.29) is 17.9 Å². The van der Waals surface area contributed by atoms with E-state index < -0.39 is 23.5 Å². The van der Waals surface area contributed by atoms with E-state index in [1.165, 1.54) is 36.3 Å². The van der Waals surface area contributed by atoms with Gasteiger partial charge in [-0.15, -0.1) is 0 Å². The highest BCUT2D eigenvalue weighted by Crippen LogP contribution is 2.41. The largest absolute Gasteiger partial charge is 0.507 e. The molecule has 0 aliphatic carbocycles. The fourth-order valence-corrected chi connectivity index (χ4v) is 4.68. The summed E-state index contributed by atoms with van der Waals surface area (Å²) in [4.78, 5) is 27.9. The van der Waals surface area contributed by atoms with Crippen LogP contribution in [0.15, 0.2) is 66.2 Å². The molecule has 1 amide bonds. The van der Waals surface area contributed by atoms with Gasteiger partial charge in [-0.3, -0.25) is 9.59 Å². The Labute approximate surface area is 208 Å². The molecule has 180 valence electrons. The summed E-state index contributed by atoms with van der Waals surface area (Å²) in [6, 6.07) is 15.5. The summed E-state index contributed by atoms with van der Waals surface area (Å²) in [6.45, 7) is 3.92. The van der Waals surface area contributed by atoms with Crippen LogP contribution in [0.5, 0.6) is 5.75 Å². The van der Waals surface area contributed by atoms with Gasteiger partial charge in [0.1, 0.15) is 17.3 Å². The minimum atomic E-state index is -0.881. The lowest BCUT2D eigenvalue weighted by molar-refractivity contribution is -0.139. The molecule has 0 bridgehead atoms. The first-order valence-corrected chi connectivity index (χ1v) is 11.5. The van der Waals surface area contributed by atoms with E-state index in [9.17, 15) is 19.1 Å². The summed E-state index contributed by atoms with van der Waals surface area (Å²) in [7, 11) is 1.48. The number of methoxy groups -OCH3 is 1. The molecule has 1 unspecified atom stereocenters. The second kappa shape index (κ2) is 9.92. The Kier molecular flexibility index (Phi) is 6.94. The van der Waals surface area contributed by atoms with Gasteiger partial charge in [0.05, 0.1) is 24.3 Å². The molecule has 1 N–H and O–H groups in total. The van der Waals surface area contributed by atoms with Crippen molar-refractivity contribution in [2.45, 2.75) is 26.3 Å². The van der Waals surface area contributed by atoms with E-state index in [4.69, 9.17) is 16.3 Å². The number of ketones is 1. The third-order valence-corrected chi connectivity index (χ3v) is 6.41. The molecule has 0 aromatic heterocycles. The molecule has 1 atom stereocenters. The lowest BCUT2D eigenvalue weighted by Crippen LogP contribution is -2.31. The smallest absolute Gasteiger partial charge is 0.295 e. The molecule has 1 aliphatic heterocycles. The first-order chi connectivity index (χ1) is 16.7. The Hall–Kier alpha value is -3.64. The van der Waals surface area contributed by atoms with Crippen LogP contribution in [0.25, 0.3) is 5.76 Å². The molecule has 0 radical (unpaired) electrons. The molecule has 1 fully saturated rings. The van der Waals surface area contributed by atoms with Crippen molar-refractivity contribution in [3.05, 3.63) is 105 Å². The van der Waals surface area contributed by atoms with Gasteiger partial charge in [0.2, 0.25) is 0 Å². The zero-order valence-corrected chi connectivity index (χ0v) is 20.4. The molecule has 1 saturated heterocycles. The molecular formula is C28H25ClFNO4. The average molecular weight is 494 g/mol. The summed E-state index contributed by atoms with van der Waals surface area (Å²) in [6.07, 6.45) is 0.467. The monoisotopic (exact) mass is 493 g/mol. The Morgan fingerprint density at radius 2 is 1.71 bits per heavy atom. The third-order valence-electron chi connectivity index (χ3n) is 6.16. The minimum absolute atomic E-state index is 0.0546. The highest BCUT2D eigenvalue weighted by atomic mass is 35.5. The highest BCUT2D eigenvalue weighted by molar-refractivity contribution is 6.46. The van der Waals surface area contributed by atoms with Crippen molar-refractivity contribution >= 4 is 29.1 Å². The number of aliphatic hydroxyl groups is 1. The molecule has 5 nitrogen and oxygen atoms in total. The van der Waals surface area contributed by atoms with Gasteiger partial charge in [0.25, 0.3) is 11.7 Å². The molecule has 35 heavy (non-hydrogen) atoms. The summed E-state index contributed by atoms with van der Waals surface area (Å²) in [5, 5.41) is 12.0. The van der Waals surface area contributed by atoms with Gasteiger partial charge in [-0.1, -0.05) is 41.9 Å². The van der Waals surface area contributed by atoms with Crippen molar-refractivity contribution in [3.63, 3.8) is 0 Å². The molecule has 0 spiro atoms. The number of aliphatic hydroxyl groups excluding tert-OH is 1. The second-order valence-corrected chi connectivity index (χ2v) is 9.02. The number of carbonyl (C=O) groups excluding carboxylic acids is 2. The van der Waals surface area contributed by atoms with Gasteiger partial charge in [-0.05, 0) is 72.9 Å². The van der Waals surface area contributed by atoms with Crippen LogP contribution in [0, 0.1) is 19.7 Å². The zero-order chi connectivity index (χ0) is 25.3. The molecule has 3 aromatic carbocycles. The van der Waals surface area contributed by atoms with Crippen LogP contribution < -0.4 is 4.74 Å². The Morgan fingerprint density at radius 1 is 1.06 bits per heavy atom. The van der Waals surface area contributed by atoms with Crippen molar-refractivity contribution in [3.8, 4) is 5.75 Å². The number of halogens is 2. The number of nitrogens with zero attached hydrogens (tertiary/aromatic N) is 1. The summed E-state index contributed by atoms with van der Waals surface area (Å²) in [5.41, 5.74) is 3.37. The van der Waals surface area contributed by atoms with Gasteiger partial charge in [0, 0.05) is 11.6 Å². The van der Waals surface area contributed by atoms with Crippen molar-refractivity contribution in [2.24, 2.45) is 0 Å². The zero-order valence-electron chi connectivity index (χ0n) is 19.6. The quantitative estimate of drug-likeness (QED) is 0.269. The van der Waals surface area contributed by atoms with Crippen molar-refractivity contribution < 1.29 is 23.8 Å². The van der Waals surface area contributed by atoms with E-state index >= 15 is 0 Å². The predicted molar refractivity (Wildman–Crippen MR) is 133 cm³/mol. The maximum atomic E-state index is 13.7. The number of carbonyl (C=O) groups is 2. The van der Waals surface area contributed by atoms with Gasteiger partial charge < -0.3 is 14.7 Å². The van der Waals surface area contributed by atoms with E-state index in [1.54, 1.807) is 18.2 Å². The number of aryl methyl sites for hydroxylation is 2. The van der Waals surface area contributed by atoms with Gasteiger partial charge in [-0.25, -0.2) is 4.39 Å². The van der Waals surface area contributed by atoms with E-state index in [2.05, 4.69) is 0 Å².